The van der Waals surface area contributed by atoms with Gasteiger partial charge in [0.1, 0.15) is 4.21 Å². The first-order valence-electron chi connectivity index (χ1n) is 5.58. The Labute approximate surface area is 127 Å². The van der Waals surface area contributed by atoms with Crippen LogP contribution in [0, 0.1) is 12.3 Å². The number of anilines is 1. The molecule has 0 unspecified atom stereocenters. The third kappa shape index (κ3) is 2.97. The van der Waals surface area contributed by atoms with Crippen LogP contribution in [-0.4, -0.2) is 18.9 Å². The van der Waals surface area contributed by atoms with E-state index >= 15 is 0 Å². The average Bonchev–Trinajstić information content (AvgIpc) is 3.00. The van der Waals surface area contributed by atoms with Gasteiger partial charge in [-0.05, 0) is 27.5 Å². The number of para-hydroxylation sites is 1. The lowest BCUT2D eigenvalue weighted by Gasteiger charge is -2.28. The van der Waals surface area contributed by atoms with Gasteiger partial charge in [0, 0.05) is 11.8 Å². The summed E-state index contributed by atoms with van der Waals surface area (Å²) in [5.41, 5.74) is 0.598. The Morgan fingerprint density at radius 1 is 1.20 bits per heavy atom. The highest BCUT2D eigenvalue weighted by molar-refractivity contribution is 7.92. The zero-order valence-electron chi connectivity index (χ0n) is 10.3. The van der Waals surface area contributed by atoms with E-state index in [1.807, 2.05) is 6.07 Å². The molecular weight excluding hydrogens is 316 g/mol. The quantitative estimate of drug-likeness (QED) is 0.482. The number of hydrogen-bond donors (Lipinski definition) is 0. The van der Waals surface area contributed by atoms with E-state index in [2.05, 4.69) is 5.92 Å². The molecule has 0 radical (unpaired) electrons. The van der Waals surface area contributed by atoms with Gasteiger partial charge in [-0.1, -0.05) is 30.2 Å². The van der Waals surface area contributed by atoms with Gasteiger partial charge in [-0.2, -0.15) is 0 Å². The normalized spacial score (nSPS) is 11.2. The fraction of sp³-hybridized carbons (Fsp3) is 0.0769. The summed E-state index contributed by atoms with van der Waals surface area (Å²) in [5.74, 6) is 2.40. The highest BCUT2D eigenvalue weighted by atomic mass is 35.5. The first-order valence-corrected chi connectivity index (χ1v) is 8.23. The molecule has 2 aromatic rings. The van der Waals surface area contributed by atoms with Crippen LogP contribution in [0.5, 0.6) is 0 Å². The van der Waals surface area contributed by atoms with Crippen molar-refractivity contribution in [3.63, 3.8) is 0 Å². The van der Waals surface area contributed by atoms with Gasteiger partial charge in [0.15, 0.2) is 0 Å². The average molecular weight is 327 g/mol. The Hall–Kier alpha value is -1.52. The molecule has 0 fully saturated rings. The van der Waals surface area contributed by atoms with Crippen LogP contribution in [0.1, 0.15) is 0 Å². The van der Waals surface area contributed by atoms with E-state index in [1.165, 1.54) is 11.1 Å². The fourth-order valence-electron chi connectivity index (χ4n) is 1.54. The number of hydrogen-bond acceptors (Lipinski definition) is 4. The lowest BCUT2D eigenvalue weighted by molar-refractivity contribution is 0.527. The molecule has 0 amide bonds. The van der Waals surface area contributed by atoms with Gasteiger partial charge in [0.25, 0.3) is 10.0 Å². The van der Waals surface area contributed by atoms with E-state index in [1.54, 1.807) is 35.7 Å². The van der Waals surface area contributed by atoms with Crippen LogP contribution in [0.15, 0.2) is 52.1 Å². The molecule has 4 nitrogen and oxygen atoms in total. The van der Waals surface area contributed by atoms with E-state index < -0.39 is 10.0 Å². The van der Waals surface area contributed by atoms with Gasteiger partial charge in [-0.15, -0.1) is 17.8 Å². The molecule has 0 aliphatic rings. The highest BCUT2D eigenvalue weighted by Crippen LogP contribution is 2.27. The molecule has 0 atom stereocenters. The monoisotopic (exact) mass is 326 g/mol. The molecule has 0 aliphatic heterocycles. The maximum absolute atomic E-state index is 12.4. The van der Waals surface area contributed by atoms with Gasteiger partial charge in [0.2, 0.25) is 0 Å². The number of nitrogens with zero attached hydrogens (tertiary/aromatic N) is 2. The van der Waals surface area contributed by atoms with Crippen LogP contribution < -0.4 is 5.01 Å². The van der Waals surface area contributed by atoms with E-state index in [-0.39, 0.29) is 10.8 Å². The first kappa shape index (κ1) is 14.9. The number of halogens is 1. The van der Waals surface area contributed by atoms with Crippen molar-refractivity contribution in [1.82, 2.24) is 3.93 Å². The van der Waals surface area contributed by atoms with Crippen molar-refractivity contribution in [2.45, 2.75) is 4.21 Å². The van der Waals surface area contributed by atoms with Crippen LogP contribution in [0.4, 0.5) is 5.69 Å². The number of sulfonamides is 1. The van der Waals surface area contributed by atoms with Crippen molar-refractivity contribution in [3.8, 4) is 12.3 Å². The Balaban J connectivity index is 2.38. The maximum Gasteiger partial charge on any atom is 0.283 e. The molecule has 0 saturated carbocycles. The first-order chi connectivity index (χ1) is 9.57. The molecule has 0 N–H and O–H groups in total. The lowest BCUT2D eigenvalue weighted by Crippen LogP contribution is -2.40. The zero-order valence-corrected chi connectivity index (χ0v) is 12.7. The summed E-state index contributed by atoms with van der Waals surface area (Å²) >= 11 is 7.12. The Kier molecular flexibility index (Phi) is 4.68. The van der Waals surface area contributed by atoms with Crippen LogP contribution in [0.2, 0.25) is 0 Å². The van der Waals surface area contributed by atoms with Gasteiger partial charge in [-0.3, -0.25) is 5.01 Å². The molecule has 1 aromatic heterocycles. The molecule has 1 aromatic carbocycles. The molecule has 0 saturated heterocycles. The van der Waals surface area contributed by atoms with Crippen molar-refractivity contribution in [2.75, 3.05) is 11.6 Å². The summed E-state index contributed by atoms with van der Waals surface area (Å²) in [4.78, 5) is 0. The van der Waals surface area contributed by atoms with Crippen LogP contribution in [0.3, 0.4) is 0 Å². The number of rotatable bonds is 5. The van der Waals surface area contributed by atoms with Gasteiger partial charge in [0.05, 0.1) is 12.2 Å². The number of benzene rings is 1. The van der Waals surface area contributed by atoms with Crippen molar-refractivity contribution in [1.29, 1.82) is 0 Å². The summed E-state index contributed by atoms with van der Waals surface area (Å²) in [7, 11) is -3.82. The second-order valence-corrected chi connectivity index (χ2v) is 7.19. The molecule has 7 heteroatoms. The molecule has 0 bridgehead atoms. The fourth-order valence-corrected chi connectivity index (χ4v) is 4.15. The highest BCUT2D eigenvalue weighted by Gasteiger charge is 2.29. The summed E-state index contributed by atoms with van der Waals surface area (Å²) in [6.45, 7) is 0.0398. The minimum atomic E-state index is -3.82. The summed E-state index contributed by atoms with van der Waals surface area (Å²) in [6.07, 6.45) is 5.30. The molecule has 2 rings (SSSR count). The van der Waals surface area contributed by atoms with E-state index in [0.717, 1.165) is 11.3 Å². The maximum atomic E-state index is 12.4. The largest absolute Gasteiger partial charge is 0.283 e. The SMILES string of the molecule is C#CCN(c1ccccc1)N(Cl)S(=O)(=O)c1cccs1. The number of hydrazine groups is 1. The predicted octanol–water partition coefficient (Wildman–Crippen LogP) is 2.95. The summed E-state index contributed by atoms with van der Waals surface area (Å²) in [5, 5.41) is 2.99. The Morgan fingerprint density at radius 3 is 2.45 bits per heavy atom. The van der Waals surface area contributed by atoms with Gasteiger partial charge in [-0.25, -0.2) is 8.42 Å². The van der Waals surface area contributed by atoms with Gasteiger partial charge < -0.3 is 0 Å². The van der Waals surface area contributed by atoms with E-state index in [0.29, 0.717) is 9.62 Å². The smallest absolute Gasteiger partial charge is 0.266 e. The van der Waals surface area contributed by atoms with E-state index in [9.17, 15) is 8.42 Å². The second-order valence-electron chi connectivity index (χ2n) is 3.73. The van der Waals surface area contributed by atoms with Gasteiger partial charge >= 0.3 is 0 Å². The molecule has 0 spiro atoms. The lowest BCUT2D eigenvalue weighted by atomic mass is 10.3. The predicted molar refractivity (Wildman–Crippen MR) is 81.8 cm³/mol. The van der Waals surface area contributed by atoms with Crippen molar-refractivity contribution in [2.24, 2.45) is 0 Å². The van der Waals surface area contributed by atoms with Crippen LogP contribution in [0.25, 0.3) is 0 Å². The molecular formula is C13H11ClN2O2S2. The minimum Gasteiger partial charge on any atom is -0.266 e. The Bertz CT molecular complexity index is 694. The molecule has 1 heterocycles. The minimum absolute atomic E-state index is 0.0398. The molecule has 0 aliphatic carbocycles. The standard InChI is InChI=1S/C13H11ClN2O2S2/c1-2-10-15(12-7-4-3-5-8-12)16(14)20(17,18)13-9-6-11-19-13/h1,3-9,11H,10H2. The molecule has 104 valence electrons. The topological polar surface area (TPSA) is 40.6 Å². The molecule has 20 heavy (non-hydrogen) atoms. The van der Waals surface area contributed by atoms with Crippen molar-refractivity contribution >= 4 is 38.8 Å². The van der Waals surface area contributed by atoms with Crippen LogP contribution in [-0.2, 0) is 10.0 Å². The summed E-state index contributed by atoms with van der Waals surface area (Å²) < 4.78 is 25.6. The van der Waals surface area contributed by atoms with Crippen molar-refractivity contribution in [3.05, 3.63) is 47.8 Å². The van der Waals surface area contributed by atoms with Crippen molar-refractivity contribution < 1.29 is 8.42 Å². The number of thiophene rings is 1. The second kappa shape index (κ2) is 6.29. The zero-order chi connectivity index (χ0) is 14.6. The summed E-state index contributed by atoms with van der Waals surface area (Å²) in [6, 6.07) is 12.0. The third-order valence-corrected chi connectivity index (χ3v) is 5.98. The van der Waals surface area contributed by atoms with Crippen LogP contribution >= 0.6 is 23.1 Å². The third-order valence-electron chi connectivity index (χ3n) is 2.43. The number of terminal acetylenes is 1. The Morgan fingerprint density at radius 2 is 1.90 bits per heavy atom. The van der Waals surface area contributed by atoms with E-state index in [4.69, 9.17) is 18.2 Å².